The Balaban J connectivity index is 1.96. The van der Waals surface area contributed by atoms with Gasteiger partial charge in [-0.2, -0.15) is 0 Å². The number of imidazole rings is 1. The molecule has 0 bridgehead atoms. The van der Waals surface area contributed by atoms with Gasteiger partial charge >= 0.3 is 0 Å². The Kier molecular flexibility index (Phi) is 3.61. The maximum atomic E-state index is 6.09. The number of rotatable bonds is 4. The Labute approximate surface area is 122 Å². The van der Waals surface area contributed by atoms with Gasteiger partial charge in [0, 0.05) is 12.6 Å². The van der Waals surface area contributed by atoms with Crippen molar-refractivity contribution in [2.24, 2.45) is 0 Å². The number of fused-ring (bicyclic) bond motifs is 1. The summed E-state index contributed by atoms with van der Waals surface area (Å²) in [5.74, 6) is 1.32. The highest BCUT2D eigenvalue weighted by Crippen LogP contribution is 2.19. The van der Waals surface area contributed by atoms with Gasteiger partial charge in [-0.15, -0.1) is 11.6 Å². The summed E-state index contributed by atoms with van der Waals surface area (Å²) in [4.78, 5) is 4.67. The number of hydrogen-bond acceptors (Lipinski definition) is 2. The van der Waals surface area contributed by atoms with Crippen LogP contribution < -0.4 is 4.74 Å². The van der Waals surface area contributed by atoms with E-state index < -0.39 is 0 Å². The molecule has 0 radical (unpaired) electrons. The highest BCUT2D eigenvalue weighted by Gasteiger charge is 2.11. The normalized spacial score (nSPS) is 10.9. The number of methoxy groups -OCH3 is 1. The maximum Gasteiger partial charge on any atom is 0.137 e. The molecule has 0 fully saturated rings. The van der Waals surface area contributed by atoms with E-state index >= 15 is 0 Å². The first-order valence-corrected chi connectivity index (χ1v) is 6.99. The monoisotopic (exact) mass is 286 g/mol. The van der Waals surface area contributed by atoms with Gasteiger partial charge in [0.25, 0.3) is 0 Å². The molecule has 0 N–H and O–H groups in total. The average Bonchev–Trinajstić information content (AvgIpc) is 2.85. The van der Waals surface area contributed by atoms with Gasteiger partial charge in [-0.25, -0.2) is 4.98 Å². The van der Waals surface area contributed by atoms with Gasteiger partial charge in [0.1, 0.15) is 11.4 Å². The summed E-state index contributed by atoms with van der Waals surface area (Å²) in [6.07, 6.45) is 2.77. The summed E-state index contributed by atoms with van der Waals surface area (Å²) < 4.78 is 7.22. The molecule has 0 saturated carbocycles. The highest BCUT2D eigenvalue weighted by molar-refractivity contribution is 6.17. The molecule has 0 saturated heterocycles. The molecule has 102 valence electrons. The smallest absolute Gasteiger partial charge is 0.137 e. The van der Waals surface area contributed by atoms with Crippen LogP contribution in [0.5, 0.6) is 5.75 Å². The summed E-state index contributed by atoms with van der Waals surface area (Å²) >= 11 is 6.09. The molecular formula is C16H15ClN2O. The molecule has 0 spiro atoms. The second-order valence-corrected chi connectivity index (χ2v) is 4.86. The zero-order valence-corrected chi connectivity index (χ0v) is 12.0. The van der Waals surface area contributed by atoms with Gasteiger partial charge < -0.3 is 9.14 Å². The average molecular weight is 287 g/mol. The lowest BCUT2D eigenvalue weighted by atomic mass is 10.1. The molecule has 4 heteroatoms. The molecule has 0 aliphatic carbocycles. The third-order valence-corrected chi connectivity index (χ3v) is 3.62. The number of alkyl halides is 1. The van der Waals surface area contributed by atoms with Crippen molar-refractivity contribution in [1.29, 1.82) is 0 Å². The van der Waals surface area contributed by atoms with Crippen molar-refractivity contribution in [3.8, 4) is 5.75 Å². The summed E-state index contributed by atoms with van der Waals surface area (Å²) in [5, 5.41) is 0. The molecule has 0 aliphatic rings. The van der Waals surface area contributed by atoms with E-state index in [4.69, 9.17) is 16.3 Å². The summed E-state index contributed by atoms with van der Waals surface area (Å²) in [6, 6.07) is 14.0. The molecule has 0 atom stereocenters. The van der Waals surface area contributed by atoms with E-state index in [-0.39, 0.29) is 0 Å². The molecule has 0 aliphatic heterocycles. The van der Waals surface area contributed by atoms with Crippen molar-refractivity contribution in [3.05, 3.63) is 65.6 Å². The largest absolute Gasteiger partial charge is 0.497 e. The van der Waals surface area contributed by atoms with Gasteiger partial charge in [-0.1, -0.05) is 18.2 Å². The van der Waals surface area contributed by atoms with Gasteiger partial charge in [-0.05, 0) is 29.8 Å². The van der Waals surface area contributed by atoms with Crippen LogP contribution in [0, 0.1) is 0 Å². The second kappa shape index (κ2) is 5.55. The van der Waals surface area contributed by atoms with Crippen LogP contribution in [0.1, 0.15) is 17.0 Å². The minimum atomic E-state index is 0.455. The fraction of sp³-hybridized carbons (Fsp3) is 0.188. The molecule has 0 unspecified atom stereocenters. The quantitative estimate of drug-likeness (QED) is 0.684. The van der Waals surface area contributed by atoms with Gasteiger partial charge in [0.05, 0.1) is 24.4 Å². The Morgan fingerprint density at radius 3 is 2.65 bits per heavy atom. The van der Waals surface area contributed by atoms with E-state index in [1.807, 2.05) is 40.9 Å². The molecule has 0 amide bonds. The van der Waals surface area contributed by atoms with Crippen molar-refractivity contribution >= 4 is 17.2 Å². The predicted molar refractivity (Wildman–Crippen MR) is 80.5 cm³/mol. The van der Waals surface area contributed by atoms with Crippen LogP contribution in [0.2, 0.25) is 0 Å². The standard InChI is InChI=1S/C16H15ClN2O/c1-20-13-7-5-12(6-8-13)10-14-15(11-17)19-9-3-2-4-16(19)18-14/h2-9H,10-11H2,1H3. The first kappa shape index (κ1) is 13.0. The van der Waals surface area contributed by atoms with E-state index in [2.05, 4.69) is 17.1 Å². The van der Waals surface area contributed by atoms with Gasteiger partial charge in [0.15, 0.2) is 0 Å². The van der Waals surface area contributed by atoms with Crippen molar-refractivity contribution in [1.82, 2.24) is 9.38 Å². The minimum absolute atomic E-state index is 0.455. The topological polar surface area (TPSA) is 26.5 Å². The van der Waals surface area contributed by atoms with E-state index in [9.17, 15) is 0 Å². The van der Waals surface area contributed by atoms with Crippen molar-refractivity contribution in [2.75, 3.05) is 7.11 Å². The van der Waals surface area contributed by atoms with Crippen LogP contribution in [-0.2, 0) is 12.3 Å². The van der Waals surface area contributed by atoms with Crippen LogP contribution in [-0.4, -0.2) is 16.5 Å². The molecule has 3 aromatic rings. The number of hydrogen-bond donors (Lipinski definition) is 0. The molecule has 1 aromatic carbocycles. The fourth-order valence-electron chi connectivity index (χ4n) is 2.32. The van der Waals surface area contributed by atoms with Crippen molar-refractivity contribution in [3.63, 3.8) is 0 Å². The lowest BCUT2D eigenvalue weighted by Crippen LogP contribution is -1.95. The highest BCUT2D eigenvalue weighted by atomic mass is 35.5. The molecule has 2 aromatic heterocycles. The number of benzene rings is 1. The van der Waals surface area contributed by atoms with E-state index in [0.717, 1.165) is 29.2 Å². The van der Waals surface area contributed by atoms with Crippen LogP contribution in [0.3, 0.4) is 0 Å². The predicted octanol–water partition coefficient (Wildman–Crippen LogP) is 3.67. The number of pyridine rings is 1. The number of halogens is 1. The first-order chi connectivity index (χ1) is 9.81. The van der Waals surface area contributed by atoms with Crippen molar-refractivity contribution < 1.29 is 4.74 Å². The Morgan fingerprint density at radius 2 is 1.95 bits per heavy atom. The van der Waals surface area contributed by atoms with Crippen LogP contribution in [0.15, 0.2) is 48.7 Å². The lowest BCUT2D eigenvalue weighted by molar-refractivity contribution is 0.414. The first-order valence-electron chi connectivity index (χ1n) is 6.45. The van der Waals surface area contributed by atoms with Crippen molar-refractivity contribution in [2.45, 2.75) is 12.3 Å². The Morgan fingerprint density at radius 1 is 1.15 bits per heavy atom. The third kappa shape index (κ3) is 2.37. The summed E-state index contributed by atoms with van der Waals surface area (Å²) in [7, 11) is 1.67. The summed E-state index contributed by atoms with van der Waals surface area (Å²) in [6.45, 7) is 0. The second-order valence-electron chi connectivity index (χ2n) is 4.59. The molecule has 3 rings (SSSR count). The molecule has 20 heavy (non-hydrogen) atoms. The number of ether oxygens (including phenoxy) is 1. The molecular weight excluding hydrogens is 272 g/mol. The minimum Gasteiger partial charge on any atom is -0.497 e. The zero-order valence-electron chi connectivity index (χ0n) is 11.2. The van der Waals surface area contributed by atoms with Gasteiger partial charge in [-0.3, -0.25) is 0 Å². The van der Waals surface area contributed by atoms with Gasteiger partial charge in [0.2, 0.25) is 0 Å². The number of nitrogens with zero attached hydrogens (tertiary/aromatic N) is 2. The lowest BCUT2D eigenvalue weighted by Gasteiger charge is -2.03. The van der Waals surface area contributed by atoms with Crippen LogP contribution >= 0.6 is 11.6 Å². The fourth-order valence-corrected chi connectivity index (χ4v) is 2.60. The number of aromatic nitrogens is 2. The van der Waals surface area contributed by atoms with Crippen LogP contribution in [0.4, 0.5) is 0 Å². The third-order valence-electron chi connectivity index (χ3n) is 3.37. The molecule has 3 nitrogen and oxygen atoms in total. The van der Waals surface area contributed by atoms with E-state index in [0.29, 0.717) is 5.88 Å². The Bertz CT molecular complexity index is 719. The Hall–Kier alpha value is -2.00. The van der Waals surface area contributed by atoms with Crippen LogP contribution in [0.25, 0.3) is 5.65 Å². The maximum absolute atomic E-state index is 6.09. The van der Waals surface area contributed by atoms with E-state index in [1.54, 1.807) is 7.11 Å². The summed E-state index contributed by atoms with van der Waals surface area (Å²) in [5.41, 5.74) is 4.21. The molecule has 2 heterocycles. The SMILES string of the molecule is COc1ccc(Cc2nc3ccccn3c2CCl)cc1. The zero-order chi connectivity index (χ0) is 13.9. The van der Waals surface area contributed by atoms with E-state index in [1.165, 1.54) is 5.56 Å².